The molecule has 0 aliphatic carbocycles. The van der Waals surface area contributed by atoms with Gasteiger partial charge in [0, 0.05) is 19.6 Å². The number of ether oxygens (including phenoxy) is 2. The van der Waals surface area contributed by atoms with Gasteiger partial charge < -0.3 is 14.4 Å². The highest BCUT2D eigenvalue weighted by atomic mass is 16.5. The standard InChI is InChI=1S/C19H23N3O5/c1-13-4-3-5-15-18(13)20-12-22(19(15)25)7-6-17(24)27-11-16(23)21-8-9-26-14(2)10-21/h3-5,12,14H,6-11H2,1-2H3. The monoisotopic (exact) mass is 373 g/mol. The molecule has 3 rings (SSSR count). The maximum absolute atomic E-state index is 12.5. The molecule has 0 saturated carbocycles. The van der Waals surface area contributed by atoms with Gasteiger partial charge in [-0.05, 0) is 25.5 Å². The van der Waals surface area contributed by atoms with Crippen LogP contribution in [0.2, 0.25) is 0 Å². The number of carbonyl (C=O) groups is 2. The van der Waals surface area contributed by atoms with E-state index in [4.69, 9.17) is 9.47 Å². The lowest BCUT2D eigenvalue weighted by molar-refractivity contribution is -0.155. The molecule has 1 fully saturated rings. The van der Waals surface area contributed by atoms with Crippen LogP contribution in [-0.4, -0.2) is 58.7 Å². The predicted molar refractivity (Wildman–Crippen MR) is 98.3 cm³/mol. The van der Waals surface area contributed by atoms with E-state index in [0.717, 1.165) is 5.56 Å². The van der Waals surface area contributed by atoms with E-state index >= 15 is 0 Å². The van der Waals surface area contributed by atoms with Gasteiger partial charge in [0.1, 0.15) is 0 Å². The minimum absolute atomic E-state index is 0.00823. The predicted octanol–water partition coefficient (Wildman–Crippen LogP) is 0.886. The molecule has 1 aliphatic heterocycles. The second kappa shape index (κ2) is 8.30. The van der Waals surface area contributed by atoms with E-state index in [1.54, 1.807) is 17.0 Å². The molecule has 1 aromatic heterocycles. The van der Waals surface area contributed by atoms with Crippen LogP contribution in [0.15, 0.2) is 29.3 Å². The number of hydrogen-bond acceptors (Lipinski definition) is 6. The first kappa shape index (κ1) is 19.0. The highest BCUT2D eigenvalue weighted by Crippen LogP contribution is 2.11. The molecule has 144 valence electrons. The number of benzene rings is 1. The zero-order chi connectivity index (χ0) is 19.4. The van der Waals surface area contributed by atoms with Crippen LogP contribution < -0.4 is 5.56 Å². The Hall–Kier alpha value is -2.74. The van der Waals surface area contributed by atoms with Crippen molar-refractivity contribution in [2.24, 2.45) is 0 Å². The minimum atomic E-state index is -0.527. The third kappa shape index (κ3) is 4.51. The highest BCUT2D eigenvalue weighted by molar-refractivity contribution is 5.81. The summed E-state index contributed by atoms with van der Waals surface area (Å²) in [5.74, 6) is -0.764. The first-order chi connectivity index (χ1) is 13.0. The largest absolute Gasteiger partial charge is 0.456 e. The summed E-state index contributed by atoms with van der Waals surface area (Å²) in [5, 5.41) is 0.516. The summed E-state index contributed by atoms with van der Waals surface area (Å²) in [6.07, 6.45) is 1.41. The van der Waals surface area contributed by atoms with Gasteiger partial charge in [0.25, 0.3) is 11.5 Å². The second-order valence-corrected chi connectivity index (χ2v) is 6.65. The summed E-state index contributed by atoms with van der Waals surface area (Å²) in [6, 6.07) is 5.41. The number of aromatic nitrogens is 2. The van der Waals surface area contributed by atoms with Gasteiger partial charge in [-0.25, -0.2) is 4.98 Å². The van der Waals surface area contributed by atoms with Gasteiger partial charge in [-0.1, -0.05) is 12.1 Å². The Morgan fingerprint density at radius 2 is 2.19 bits per heavy atom. The summed E-state index contributed by atoms with van der Waals surface area (Å²) in [5.41, 5.74) is 1.38. The summed E-state index contributed by atoms with van der Waals surface area (Å²) in [6.45, 7) is 5.11. The number of hydrogen-bond donors (Lipinski definition) is 0. The van der Waals surface area contributed by atoms with Gasteiger partial charge in [-0.15, -0.1) is 0 Å². The molecule has 1 atom stereocenters. The molecule has 1 aromatic carbocycles. The van der Waals surface area contributed by atoms with Crippen LogP contribution in [0, 0.1) is 6.92 Å². The summed E-state index contributed by atoms with van der Waals surface area (Å²) in [4.78, 5) is 42.4. The first-order valence-electron chi connectivity index (χ1n) is 8.95. The van der Waals surface area contributed by atoms with Crippen LogP contribution in [-0.2, 0) is 25.6 Å². The summed E-state index contributed by atoms with van der Waals surface area (Å²) < 4.78 is 11.8. The van der Waals surface area contributed by atoms with Crippen LogP contribution >= 0.6 is 0 Å². The zero-order valence-electron chi connectivity index (χ0n) is 15.5. The van der Waals surface area contributed by atoms with Crippen LogP contribution in [0.25, 0.3) is 10.9 Å². The van der Waals surface area contributed by atoms with Crippen LogP contribution in [0.1, 0.15) is 18.9 Å². The third-order valence-corrected chi connectivity index (χ3v) is 4.56. The normalized spacial score (nSPS) is 17.1. The van der Waals surface area contributed by atoms with Crippen molar-refractivity contribution in [1.82, 2.24) is 14.5 Å². The fourth-order valence-electron chi connectivity index (χ4n) is 3.06. The van der Waals surface area contributed by atoms with E-state index in [1.165, 1.54) is 10.9 Å². The van der Waals surface area contributed by atoms with Crippen molar-refractivity contribution in [2.75, 3.05) is 26.3 Å². The topological polar surface area (TPSA) is 90.7 Å². The number of esters is 1. The first-order valence-corrected chi connectivity index (χ1v) is 8.95. The van der Waals surface area contributed by atoms with Gasteiger partial charge in [-0.2, -0.15) is 0 Å². The highest BCUT2D eigenvalue weighted by Gasteiger charge is 2.22. The fraction of sp³-hybridized carbons (Fsp3) is 0.474. The van der Waals surface area contributed by atoms with E-state index in [1.807, 2.05) is 19.9 Å². The molecule has 0 radical (unpaired) electrons. The van der Waals surface area contributed by atoms with Gasteiger partial charge in [-0.3, -0.25) is 19.0 Å². The van der Waals surface area contributed by atoms with Crippen molar-refractivity contribution < 1.29 is 19.1 Å². The molecule has 2 aromatic rings. The van der Waals surface area contributed by atoms with Crippen molar-refractivity contribution >= 4 is 22.8 Å². The number of nitrogens with zero attached hydrogens (tertiary/aromatic N) is 3. The molecule has 8 nitrogen and oxygen atoms in total. The molecular weight excluding hydrogens is 350 g/mol. The number of fused-ring (bicyclic) bond motifs is 1. The molecular formula is C19H23N3O5. The van der Waals surface area contributed by atoms with Gasteiger partial charge in [0.05, 0.1) is 36.4 Å². The van der Waals surface area contributed by atoms with E-state index in [2.05, 4.69) is 4.98 Å². The Labute approximate surface area is 156 Å². The smallest absolute Gasteiger partial charge is 0.308 e. The Morgan fingerprint density at radius 1 is 1.37 bits per heavy atom. The van der Waals surface area contributed by atoms with E-state index in [-0.39, 0.29) is 37.1 Å². The molecule has 2 heterocycles. The molecule has 1 amide bonds. The van der Waals surface area contributed by atoms with Crippen molar-refractivity contribution in [3.63, 3.8) is 0 Å². The molecule has 1 aliphatic rings. The fourth-order valence-corrected chi connectivity index (χ4v) is 3.06. The van der Waals surface area contributed by atoms with Crippen molar-refractivity contribution in [3.05, 3.63) is 40.4 Å². The van der Waals surface area contributed by atoms with Crippen molar-refractivity contribution in [2.45, 2.75) is 32.9 Å². The number of rotatable bonds is 5. The Kier molecular flexibility index (Phi) is 5.85. The quantitative estimate of drug-likeness (QED) is 0.723. The molecule has 1 unspecified atom stereocenters. The molecule has 0 spiro atoms. The third-order valence-electron chi connectivity index (χ3n) is 4.56. The number of para-hydroxylation sites is 1. The van der Waals surface area contributed by atoms with Crippen LogP contribution in [0.4, 0.5) is 0 Å². The number of morpholine rings is 1. The summed E-state index contributed by atoms with van der Waals surface area (Å²) >= 11 is 0. The van der Waals surface area contributed by atoms with Gasteiger partial charge >= 0.3 is 5.97 Å². The number of aryl methyl sites for hydroxylation is 2. The minimum Gasteiger partial charge on any atom is -0.456 e. The number of amides is 1. The zero-order valence-corrected chi connectivity index (χ0v) is 15.5. The SMILES string of the molecule is Cc1cccc2c(=O)n(CCC(=O)OCC(=O)N3CCOC(C)C3)cnc12. The van der Waals surface area contributed by atoms with Crippen molar-refractivity contribution in [3.8, 4) is 0 Å². The van der Waals surface area contributed by atoms with E-state index in [0.29, 0.717) is 30.6 Å². The molecule has 0 bridgehead atoms. The van der Waals surface area contributed by atoms with E-state index in [9.17, 15) is 14.4 Å². The maximum atomic E-state index is 12.5. The lowest BCUT2D eigenvalue weighted by Crippen LogP contribution is -2.46. The Balaban J connectivity index is 1.53. The van der Waals surface area contributed by atoms with E-state index < -0.39 is 5.97 Å². The lowest BCUT2D eigenvalue weighted by Gasteiger charge is -2.30. The molecule has 27 heavy (non-hydrogen) atoms. The van der Waals surface area contributed by atoms with Crippen LogP contribution in [0.3, 0.4) is 0 Å². The molecule has 1 saturated heterocycles. The Bertz CT molecular complexity index is 908. The van der Waals surface area contributed by atoms with Crippen molar-refractivity contribution in [1.29, 1.82) is 0 Å². The van der Waals surface area contributed by atoms with Crippen LogP contribution in [0.5, 0.6) is 0 Å². The second-order valence-electron chi connectivity index (χ2n) is 6.65. The molecule has 0 N–H and O–H groups in total. The Morgan fingerprint density at radius 3 is 2.96 bits per heavy atom. The summed E-state index contributed by atoms with van der Waals surface area (Å²) in [7, 11) is 0. The maximum Gasteiger partial charge on any atom is 0.308 e. The number of carbonyl (C=O) groups excluding carboxylic acids is 2. The molecule has 8 heteroatoms. The van der Waals surface area contributed by atoms with Gasteiger partial charge in [0.15, 0.2) is 6.61 Å². The lowest BCUT2D eigenvalue weighted by atomic mass is 10.1. The van der Waals surface area contributed by atoms with Gasteiger partial charge in [0.2, 0.25) is 0 Å². The average Bonchev–Trinajstić information content (AvgIpc) is 2.66. The average molecular weight is 373 g/mol.